The molecule has 0 amide bonds. The van der Waals surface area contributed by atoms with Crippen molar-refractivity contribution in [2.75, 3.05) is 5.75 Å². The van der Waals surface area contributed by atoms with Crippen molar-refractivity contribution in [2.45, 2.75) is 36.9 Å². The zero-order chi connectivity index (χ0) is 12.0. The Hall–Kier alpha value is -1.01. The summed E-state index contributed by atoms with van der Waals surface area (Å²) in [4.78, 5) is 14.9. The average Bonchev–Trinajstić information content (AvgIpc) is 2.76. The predicted molar refractivity (Wildman–Crippen MR) is 61.3 cm³/mol. The lowest BCUT2D eigenvalue weighted by atomic mass is 9.92. The first-order valence-electron chi connectivity index (χ1n) is 5.13. The summed E-state index contributed by atoms with van der Waals surface area (Å²) in [5.74, 6) is -0.177. The molecule has 0 aliphatic heterocycles. The van der Waals surface area contributed by atoms with Crippen LogP contribution in [0, 0.1) is 0 Å². The highest BCUT2D eigenvalue weighted by molar-refractivity contribution is 7.99. The number of hydrogen-bond donors (Lipinski definition) is 2. The molecular formula is C10H16N2O3S. The molecule has 1 rings (SSSR count). The van der Waals surface area contributed by atoms with Crippen molar-refractivity contribution < 1.29 is 14.3 Å². The van der Waals surface area contributed by atoms with Gasteiger partial charge in [-0.3, -0.25) is 4.79 Å². The predicted octanol–water partition coefficient (Wildman–Crippen LogP) is 1.74. The van der Waals surface area contributed by atoms with Crippen LogP contribution < -0.4 is 5.73 Å². The number of oxazole rings is 1. The SMILES string of the molecule is CCC(N)(CCCSc1ncco1)C(=O)O. The van der Waals surface area contributed by atoms with E-state index in [1.165, 1.54) is 18.0 Å². The van der Waals surface area contributed by atoms with Crippen LogP contribution in [0.1, 0.15) is 26.2 Å². The summed E-state index contributed by atoms with van der Waals surface area (Å²) >= 11 is 1.46. The lowest BCUT2D eigenvalue weighted by molar-refractivity contribution is -0.143. The zero-order valence-electron chi connectivity index (χ0n) is 9.18. The Morgan fingerprint density at radius 1 is 1.75 bits per heavy atom. The summed E-state index contributed by atoms with van der Waals surface area (Å²) in [5, 5.41) is 9.56. The van der Waals surface area contributed by atoms with Crippen molar-refractivity contribution in [1.29, 1.82) is 0 Å². The minimum absolute atomic E-state index is 0.437. The molecule has 0 spiro atoms. The van der Waals surface area contributed by atoms with E-state index >= 15 is 0 Å². The number of carbonyl (C=O) groups is 1. The molecular weight excluding hydrogens is 228 g/mol. The molecule has 5 nitrogen and oxygen atoms in total. The van der Waals surface area contributed by atoms with Gasteiger partial charge < -0.3 is 15.3 Å². The Morgan fingerprint density at radius 3 is 3.00 bits per heavy atom. The summed E-state index contributed by atoms with van der Waals surface area (Å²) in [6.07, 6.45) is 4.72. The van der Waals surface area contributed by atoms with Crippen LogP contribution in [-0.4, -0.2) is 27.4 Å². The summed E-state index contributed by atoms with van der Waals surface area (Å²) in [6.45, 7) is 1.79. The van der Waals surface area contributed by atoms with Crippen LogP contribution in [0.3, 0.4) is 0 Å². The van der Waals surface area contributed by atoms with Crippen LogP contribution in [0.2, 0.25) is 0 Å². The van der Waals surface area contributed by atoms with Crippen molar-refractivity contribution in [1.82, 2.24) is 4.98 Å². The molecule has 90 valence electrons. The second-order valence-electron chi connectivity index (χ2n) is 3.56. The van der Waals surface area contributed by atoms with Gasteiger partial charge in [-0.1, -0.05) is 18.7 Å². The van der Waals surface area contributed by atoms with Gasteiger partial charge >= 0.3 is 5.97 Å². The molecule has 0 radical (unpaired) electrons. The first kappa shape index (κ1) is 13.1. The molecule has 1 unspecified atom stereocenters. The molecule has 0 fully saturated rings. The molecule has 0 aliphatic rings. The van der Waals surface area contributed by atoms with Gasteiger partial charge in [0.05, 0.1) is 6.20 Å². The first-order valence-corrected chi connectivity index (χ1v) is 6.11. The Kier molecular flexibility index (Phi) is 4.82. The van der Waals surface area contributed by atoms with Gasteiger partial charge in [-0.15, -0.1) is 0 Å². The Labute approximate surface area is 98.4 Å². The maximum absolute atomic E-state index is 10.9. The summed E-state index contributed by atoms with van der Waals surface area (Å²) in [5.41, 5.74) is 4.65. The van der Waals surface area contributed by atoms with E-state index in [9.17, 15) is 4.79 Å². The lowest BCUT2D eigenvalue weighted by Crippen LogP contribution is -2.47. The topological polar surface area (TPSA) is 89.4 Å². The molecule has 1 aromatic heterocycles. The van der Waals surface area contributed by atoms with E-state index in [4.69, 9.17) is 15.3 Å². The fraction of sp³-hybridized carbons (Fsp3) is 0.600. The van der Waals surface area contributed by atoms with Crippen molar-refractivity contribution >= 4 is 17.7 Å². The van der Waals surface area contributed by atoms with E-state index in [2.05, 4.69) is 4.98 Å². The number of nitrogens with two attached hydrogens (primary N) is 1. The molecule has 1 aromatic rings. The molecule has 0 saturated heterocycles. The van der Waals surface area contributed by atoms with Gasteiger partial charge in [0.15, 0.2) is 0 Å². The van der Waals surface area contributed by atoms with Gasteiger partial charge in [0.1, 0.15) is 11.8 Å². The summed E-state index contributed by atoms with van der Waals surface area (Å²) in [7, 11) is 0. The Morgan fingerprint density at radius 2 is 2.50 bits per heavy atom. The fourth-order valence-corrected chi connectivity index (χ4v) is 1.99. The highest BCUT2D eigenvalue weighted by Crippen LogP contribution is 2.20. The van der Waals surface area contributed by atoms with Crippen LogP contribution in [0.5, 0.6) is 0 Å². The van der Waals surface area contributed by atoms with E-state index in [-0.39, 0.29) is 0 Å². The van der Waals surface area contributed by atoms with Gasteiger partial charge in [0, 0.05) is 5.75 Å². The zero-order valence-corrected chi connectivity index (χ0v) is 10.00. The van der Waals surface area contributed by atoms with Crippen LogP contribution in [-0.2, 0) is 4.79 Å². The minimum Gasteiger partial charge on any atom is -0.480 e. The van der Waals surface area contributed by atoms with Crippen molar-refractivity contribution in [2.24, 2.45) is 5.73 Å². The third-order valence-corrected chi connectivity index (χ3v) is 3.40. The highest BCUT2D eigenvalue weighted by atomic mass is 32.2. The monoisotopic (exact) mass is 244 g/mol. The molecule has 16 heavy (non-hydrogen) atoms. The van der Waals surface area contributed by atoms with E-state index < -0.39 is 11.5 Å². The number of aliphatic carboxylic acids is 1. The normalized spacial score (nSPS) is 14.6. The van der Waals surface area contributed by atoms with Gasteiger partial charge in [-0.2, -0.15) is 0 Å². The molecule has 0 aromatic carbocycles. The van der Waals surface area contributed by atoms with E-state index in [1.54, 1.807) is 13.1 Å². The largest absolute Gasteiger partial charge is 0.480 e. The van der Waals surface area contributed by atoms with Crippen LogP contribution in [0.25, 0.3) is 0 Å². The smallest absolute Gasteiger partial charge is 0.323 e. The second-order valence-corrected chi connectivity index (χ2v) is 4.61. The van der Waals surface area contributed by atoms with Gasteiger partial charge in [-0.05, 0) is 19.3 Å². The minimum atomic E-state index is -1.10. The third kappa shape index (κ3) is 3.53. The fourth-order valence-electron chi connectivity index (χ4n) is 1.26. The molecule has 3 N–H and O–H groups in total. The second kappa shape index (κ2) is 5.91. The molecule has 1 heterocycles. The number of carboxylic acids is 1. The third-order valence-electron chi connectivity index (χ3n) is 2.46. The number of aromatic nitrogens is 1. The maximum atomic E-state index is 10.9. The molecule has 0 bridgehead atoms. The first-order chi connectivity index (χ1) is 7.58. The summed E-state index contributed by atoms with van der Waals surface area (Å²) in [6, 6.07) is 0. The molecule has 0 aliphatic carbocycles. The highest BCUT2D eigenvalue weighted by Gasteiger charge is 2.30. The van der Waals surface area contributed by atoms with Crippen LogP contribution in [0.4, 0.5) is 0 Å². The van der Waals surface area contributed by atoms with E-state index in [0.717, 1.165) is 12.2 Å². The van der Waals surface area contributed by atoms with E-state index in [0.29, 0.717) is 18.1 Å². The van der Waals surface area contributed by atoms with Crippen LogP contribution >= 0.6 is 11.8 Å². The number of thioether (sulfide) groups is 1. The van der Waals surface area contributed by atoms with Crippen molar-refractivity contribution in [3.8, 4) is 0 Å². The number of carboxylic acid groups (broad SMARTS) is 1. The molecule has 6 heteroatoms. The number of nitrogens with zero attached hydrogens (tertiary/aromatic N) is 1. The van der Waals surface area contributed by atoms with Gasteiger partial charge in [0.25, 0.3) is 5.22 Å². The summed E-state index contributed by atoms with van der Waals surface area (Å²) < 4.78 is 5.04. The van der Waals surface area contributed by atoms with Gasteiger partial charge in [-0.25, -0.2) is 4.98 Å². The Balaban J connectivity index is 2.26. The van der Waals surface area contributed by atoms with Crippen LogP contribution in [0.15, 0.2) is 22.1 Å². The maximum Gasteiger partial charge on any atom is 0.323 e. The molecule has 0 saturated carbocycles. The van der Waals surface area contributed by atoms with E-state index in [1.807, 2.05) is 0 Å². The van der Waals surface area contributed by atoms with Gasteiger partial charge in [0.2, 0.25) is 0 Å². The standard InChI is InChI=1S/C10H16N2O3S/c1-2-10(11,8(13)14)4-3-7-16-9-12-5-6-15-9/h5-6H,2-4,7,11H2,1H3,(H,13,14). The average molecular weight is 244 g/mol. The Bertz CT molecular complexity index is 329. The van der Waals surface area contributed by atoms with Crippen molar-refractivity contribution in [3.05, 3.63) is 12.5 Å². The molecule has 1 atom stereocenters. The number of hydrogen-bond acceptors (Lipinski definition) is 5. The number of rotatable bonds is 7. The lowest BCUT2D eigenvalue weighted by Gasteiger charge is -2.22. The van der Waals surface area contributed by atoms with Crippen molar-refractivity contribution in [3.63, 3.8) is 0 Å². The quantitative estimate of drug-likeness (QED) is 0.561.